The van der Waals surface area contributed by atoms with E-state index in [2.05, 4.69) is 9.97 Å². The van der Waals surface area contributed by atoms with E-state index in [1.165, 1.54) is 37.5 Å². The summed E-state index contributed by atoms with van der Waals surface area (Å²) in [6.45, 7) is -0.455. The standard InChI is InChI=1S/C21H15F6N3O2/c1-10-17(12-3-2-4-13(22)16(12)23)30(11-5-6-14-15(7-11)29-9-28-14)19(31)18(10)32-8-21(26,27)20(24)25/h2-7,9,17,20H,8H2,1H3,(H,28,29). The second-order valence-corrected chi connectivity index (χ2v) is 7.19. The van der Waals surface area contributed by atoms with Crippen molar-refractivity contribution in [1.82, 2.24) is 9.97 Å². The summed E-state index contributed by atoms with van der Waals surface area (Å²) >= 11 is 0. The van der Waals surface area contributed by atoms with Gasteiger partial charge in [0.1, 0.15) is 0 Å². The zero-order chi connectivity index (χ0) is 23.2. The summed E-state index contributed by atoms with van der Waals surface area (Å²) in [5, 5.41) is 0. The minimum Gasteiger partial charge on any atom is -0.481 e. The van der Waals surface area contributed by atoms with E-state index in [-0.39, 0.29) is 16.8 Å². The molecule has 0 bridgehead atoms. The van der Waals surface area contributed by atoms with Gasteiger partial charge in [-0.1, -0.05) is 12.1 Å². The van der Waals surface area contributed by atoms with Crippen LogP contribution < -0.4 is 4.90 Å². The first-order valence-electron chi connectivity index (χ1n) is 9.32. The Morgan fingerprint density at radius 3 is 2.69 bits per heavy atom. The van der Waals surface area contributed by atoms with Crippen molar-refractivity contribution in [3.05, 3.63) is 71.3 Å². The Morgan fingerprint density at radius 2 is 1.97 bits per heavy atom. The third-order valence-electron chi connectivity index (χ3n) is 5.13. The maximum atomic E-state index is 14.6. The van der Waals surface area contributed by atoms with Gasteiger partial charge in [0.05, 0.1) is 23.4 Å². The lowest BCUT2D eigenvalue weighted by Gasteiger charge is -2.27. The smallest absolute Gasteiger partial charge is 0.340 e. The third-order valence-corrected chi connectivity index (χ3v) is 5.13. The molecule has 4 rings (SSSR count). The van der Waals surface area contributed by atoms with Crippen LogP contribution in [0.5, 0.6) is 0 Å². The number of benzene rings is 2. The van der Waals surface area contributed by atoms with Crippen molar-refractivity contribution in [3.63, 3.8) is 0 Å². The van der Waals surface area contributed by atoms with Crippen LogP contribution in [-0.2, 0) is 9.53 Å². The predicted octanol–water partition coefficient (Wildman–Crippen LogP) is 5.12. The van der Waals surface area contributed by atoms with Gasteiger partial charge < -0.3 is 9.72 Å². The third kappa shape index (κ3) is 3.57. The fourth-order valence-electron chi connectivity index (χ4n) is 3.56. The number of aromatic amines is 1. The Hall–Kier alpha value is -3.50. The number of ether oxygens (including phenoxy) is 1. The highest BCUT2D eigenvalue weighted by Gasteiger charge is 2.46. The number of rotatable bonds is 6. The number of aromatic nitrogens is 2. The fraction of sp³-hybridized carbons (Fsp3) is 0.238. The summed E-state index contributed by atoms with van der Waals surface area (Å²) in [6, 6.07) is 6.65. The first-order valence-corrected chi connectivity index (χ1v) is 9.32. The van der Waals surface area contributed by atoms with E-state index in [0.717, 1.165) is 11.0 Å². The van der Waals surface area contributed by atoms with Gasteiger partial charge >= 0.3 is 12.3 Å². The largest absolute Gasteiger partial charge is 0.481 e. The number of fused-ring (bicyclic) bond motifs is 1. The van der Waals surface area contributed by atoms with Gasteiger partial charge in [-0.2, -0.15) is 8.78 Å². The summed E-state index contributed by atoms with van der Waals surface area (Å²) in [6.07, 6.45) is -2.59. The van der Waals surface area contributed by atoms with Crippen LogP contribution in [0.2, 0.25) is 0 Å². The molecule has 0 saturated heterocycles. The van der Waals surface area contributed by atoms with Crippen LogP contribution in [0.1, 0.15) is 18.5 Å². The Bertz CT molecular complexity index is 1220. The van der Waals surface area contributed by atoms with Crippen molar-refractivity contribution in [2.45, 2.75) is 25.3 Å². The van der Waals surface area contributed by atoms with E-state index in [1.54, 1.807) is 6.07 Å². The summed E-state index contributed by atoms with van der Waals surface area (Å²) in [5.74, 6) is -8.52. The van der Waals surface area contributed by atoms with E-state index < -0.39 is 48.3 Å². The van der Waals surface area contributed by atoms with E-state index >= 15 is 0 Å². The lowest BCUT2D eigenvalue weighted by atomic mass is 9.99. The number of carbonyl (C=O) groups excluding carboxylic acids is 1. The minimum atomic E-state index is -4.51. The van der Waals surface area contributed by atoms with Crippen LogP contribution in [0.3, 0.4) is 0 Å². The quantitative estimate of drug-likeness (QED) is 0.525. The fourth-order valence-corrected chi connectivity index (χ4v) is 3.56. The molecule has 3 aromatic rings. The molecule has 1 aliphatic heterocycles. The summed E-state index contributed by atoms with van der Waals surface area (Å²) in [4.78, 5) is 21.1. The van der Waals surface area contributed by atoms with Crippen LogP contribution in [0, 0.1) is 11.6 Å². The van der Waals surface area contributed by atoms with Gasteiger partial charge in [-0.05, 0) is 31.2 Å². The number of amides is 1. The number of imidazole rings is 1. The van der Waals surface area contributed by atoms with E-state index in [9.17, 15) is 31.1 Å². The maximum absolute atomic E-state index is 14.6. The molecular formula is C21H15F6N3O2. The highest BCUT2D eigenvalue weighted by Crippen LogP contribution is 2.43. The van der Waals surface area contributed by atoms with Gasteiger partial charge in [0.25, 0.3) is 5.91 Å². The topological polar surface area (TPSA) is 58.2 Å². The number of hydrogen-bond donors (Lipinski definition) is 1. The molecule has 1 aromatic heterocycles. The van der Waals surface area contributed by atoms with Crippen LogP contribution in [-0.4, -0.2) is 34.8 Å². The second kappa shape index (κ2) is 7.88. The van der Waals surface area contributed by atoms with E-state index in [1.807, 2.05) is 0 Å². The number of alkyl halides is 4. The van der Waals surface area contributed by atoms with Crippen molar-refractivity contribution < 1.29 is 35.9 Å². The van der Waals surface area contributed by atoms with E-state index in [0.29, 0.717) is 11.0 Å². The monoisotopic (exact) mass is 455 g/mol. The van der Waals surface area contributed by atoms with Crippen molar-refractivity contribution in [1.29, 1.82) is 0 Å². The number of anilines is 1. The van der Waals surface area contributed by atoms with Gasteiger partial charge in [-0.25, -0.2) is 22.5 Å². The second-order valence-electron chi connectivity index (χ2n) is 7.19. The van der Waals surface area contributed by atoms with Crippen LogP contribution in [0.15, 0.2) is 54.1 Å². The maximum Gasteiger partial charge on any atom is 0.340 e. The zero-order valence-corrected chi connectivity index (χ0v) is 16.4. The summed E-state index contributed by atoms with van der Waals surface area (Å²) < 4.78 is 85.3. The molecule has 32 heavy (non-hydrogen) atoms. The van der Waals surface area contributed by atoms with Gasteiger partial charge in [-0.3, -0.25) is 9.69 Å². The number of nitrogens with zero attached hydrogens (tertiary/aromatic N) is 2. The normalized spacial score (nSPS) is 17.2. The molecule has 0 fully saturated rings. The number of carbonyl (C=O) groups is 1. The number of H-pyrrole nitrogens is 1. The number of halogens is 6. The Morgan fingerprint density at radius 1 is 1.22 bits per heavy atom. The summed E-state index contributed by atoms with van der Waals surface area (Å²) in [5.41, 5.74) is 0.988. The molecule has 1 N–H and O–H groups in total. The van der Waals surface area contributed by atoms with Crippen molar-refractivity contribution in [2.75, 3.05) is 11.5 Å². The van der Waals surface area contributed by atoms with Crippen molar-refractivity contribution in [2.24, 2.45) is 0 Å². The highest BCUT2D eigenvalue weighted by molar-refractivity contribution is 6.09. The lowest BCUT2D eigenvalue weighted by Crippen LogP contribution is -2.34. The first kappa shape index (κ1) is 21.7. The predicted molar refractivity (Wildman–Crippen MR) is 102 cm³/mol. The molecule has 5 nitrogen and oxygen atoms in total. The molecule has 1 aliphatic rings. The first-order chi connectivity index (χ1) is 15.1. The number of hydrogen-bond acceptors (Lipinski definition) is 3. The van der Waals surface area contributed by atoms with Crippen molar-refractivity contribution in [3.8, 4) is 0 Å². The molecule has 1 amide bonds. The van der Waals surface area contributed by atoms with Crippen LogP contribution >= 0.6 is 0 Å². The Kier molecular flexibility index (Phi) is 5.35. The average Bonchev–Trinajstić information content (AvgIpc) is 3.30. The van der Waals surface area contributed by atoms with Gasteiger partial charge in [-0.15, -0.1) is 0 Å². The van der Waals surface area contributed by atoms with E-state index in [4.69, 9.17) is 4.74 Å². The van der Waals surface area contributed by atoms with Gasteiger partial charge in [0.15, 0.2) is 24.0 Å². The molecule has 1 atom stereocenters. The SMILES string of the molecule is CC1=C(OCC(F)(F)C(F)F)C(=O)N(c2ccc3[nH]cnc3c2)C1c1cccc(F)c1F. The van der Waals surface area contributed by atoms with Crippen molar-refractivity contribution >= 4 is 22.6 Å². The van der Waals surface area contributed by atoms with Gasteiger partial charge in [0.2, 0.25) is 0 Å². The Labute approximate surface area is 177 Å². The molecule has 0 aliphatic carbocycles. The molecule has 11 heteroatoms. The van der Waals surface area contributed by atoms with Gasteiger partial charge in [0, 0.05) is 16.8 Å². The molecule has 2 heterocycles. The molecule has 0 radical (unpaired) electrons. The lowest BCUT2D eigenvalue weighted by molar-refractivity contribution is -0.159. The van der Waals surface area contributed by atoms with Crippen LogP contribution in [0.4, 0.5) is 32.0 Å². The molecular weight excluding hydrogens is 440 g/mol. The molecule has 1 unspecified atom stereocenters. The highest BCUT2D eigenvalue weighted by atomic mass is 19.3. The van der Waals surface area contributed by atoms with Crippen LogP contribution in [0.25, 0.3) is 11.0 Å². The molecule has 0 saturated carbocycles. The number of nitrogens with one attached hydrogen (secondary N) is 1. The zero-order valence-electron chi connectivity index (χ0n) is 16.4. The summed E-state index contributed by atoms with van der Waals surface area (Å²) in [7, 11) is 0. The Balaban J connectivity index is 1.81. The molecule has 2 aromatic carbocycles. The molecule has 0 spiro atoms. The average molecular weight is 455 g/mol. The molecule has 168 valence electrons. The minimum absolute atomic E-state index is 0.0355.